The number of phenolic OH excluding ortho intramolecular Hbond substituents is 1. The zero-order chi connectivity index (χ0) is 16.7. The SMILES string of the molecule is CCNC(=NCc1ccc(O)c(F)c1)NCc1ccc(C)cc1. The molecule has 0 atom stereocenters. The lowest BCUT2D eigenvalue weighted by molar-refractivity contribution is 0.432. The second kappa shape index (κ2) is 8.17. The van der Waals surface area contributed by atoms with Crippen molar-refractivity contribution in [2.24, 2.45) is 4.99 Å². The van der Waals surface area contributed by atoms with Crippen LogP contribution in [0.3, 0.4) is 0 Å². The van der Waals surface area contributed by atoms with Crippen LogP contribution in [0.15, 0.2) is 47.5 Å². The van der Waals surface area contributed by atoms with E-state index in [1.165, 1.54) is 17.7 Å². The number of nitrogens with one attached hydrogen (secondary N) is 2. The van der Waals surface area contributed by atoms with Crippen molar-refractivity contribution in [3.05, 3.63) is 65.0 Å². The molecule has 5 heteroatoms. The molecular formula is C18H22FN3O. The second-order valence-corrected chi connectivity index (χ2v) is 5.32. The van der Waals surface area contributed by atoms with Gasteiger partial charge in [0.05, 0.1) is 6.54 Å². The number of phenols is 1. The first kappa shape index (κ1) is 16.8. The molecule has 3 N–H and O–H groups in total. The standard InChI is InChI=1S/C18H22FN3O/c1-3-20-18(21-11-14-6-4-13(2)5-7-14)22-12-15-8-9-17(23)16(19)10-15/h4-10,23H,3,11-12H2,1-2H3,(H2,20,21,22). The molecule has 0 bridgehead atoms. The summed E-state index contributed by atoms with van der Waals surface area (Å²) in [5, 5.41) is 15.6. The summed E-state index contributed by atoms with van der Waals surface area (Å²) in [7, 11) is 0. The predicted octanol–water partition coefficient (Wildman–Crippen LogP) is 3.10. The molecule has 23 heavy (non-hydrogen) atoms. The summed E-state index contributed by atoms with van der Waals surface area (Å²) in [6, 6.07) is 12.6. The van der Waals surface area contributed by atoms with Gasteiger partial charge in [-0.25, -0.2) is 9.38 Å². The highest BCUT2D eigenvalue weighted by molar-refractivity contribution is 5.79. The monoisotopic (exact) mass is 315 g/mol. The molecule has 0 aromatic heterocycles. The van der Waals surface area contributed by atoms with E-state index in [9.17, 15) is 9.50 Å². The molecular weight excluding hydrogens is 293 g/mol. The molecule has 0 heterocycles. The Kier molecular flexibility index (Phi) is 5.97. The van der Waals surface area contributed by atoms with Crippen molar-refractivity contribution in [1.82, 2.24) is 10.6 Å². The quantitative estimate of drug-likeness (QED) is 0.587. The van der Waals surface area contributed by atoms with Gasteiger partial charge in [-0.15, -0.1) is 0 Å². The number of nitrogens with zero attached hydrogens (tertiary/aromatic N) is 1. The van der Waals surface area contributed by atoms with Crippen LogP contribution < -0.4 is 10.6 Å². The van der Waals surface area contributed by atoms with Crippen molar-refractivity contribution in [1.29, 1.82) is 0 Å². The van der Waals surface area contributed by atoms with E-state index >= 15 is 0 Å². The Morgan fingerprint density at radius 2 is 1.78 bits per heavy atom. The fourth-order valence-electron chi connectivity index (χ4n) is 2.05. The maximum Gasteiger partial charge on any atom is 0.191 e. The zero-order valence-corrected chi connectivity index (χ0v) is 13.4. The molecule has 0 fully saturated rings. The number of aromatic hydroxyl groups is 1. The topological polar surface area (TPSA) is 56.7 Å². The van der Waals surface area contributed by atoms with Crippen LogP contribution in [-0.4, -0.2) is 17.6 Å². The van der Waals surface area contributed by atoms with E-state index in [0.29, 0.717) is 24.6 Å². The summed E-state index contributed by atoms with van der Waals surface area (Å²) in [5.41, 5.74) is 3.09. The Morgan fingerprint density at radius 3 is 2.43 bits per heavy atom. The van der Waals surface area contributed by atoms with E-state index in [1.807, 2.05) is 6.92 Å². The largest absolute Gasteiger partial charge is 0.505 e. The van der Waals surface area contributed by atoms with Crippen LogP contribution in [0.25, 0.3) is 0 Å². The molecule has 0 saturated heterocycles. The first-order chi connectivity index (χ1) is 11.1. The number of halogens is 1. The summed E-state index contributed by atoms with van der Waals surface area (Å²) in [6.45, 7) is 5.78. The van der Waals surface area contributed by atoms with Gasteiger partial charge in [0.15, 0.2) is 17.5 Å². The van der Waals surface area contributed by atoms with Gasteiger partial charge in [-0.1, -0.05) is 35.9 Å². The highest BCUT2D eigenvalue weighted by Gasteiger charge is 2.02. The van der Waals surface area contributed by atoms with Crippen molar-refractivity contribution < 1.29 is 9.50 Å². The van der Waals surface area contributed by atoms with Gasteiger partial charge in [-0.3, -0.25) is 0 Å². The fourth-order valence-corrected chi connectivity index (χ4v) is 2.05. The summed E-state index contributed by atoms with van der Waals surface area (Å²) in [6.07, 6.45) is 0. The normalized spacial score (nSPS) is 11.3. The predicted molar refractivity (Wildman–Crippen MR) is 90.9 cm³/mol. The minimum absolute atomic E-state index is 0.334. The minimum Gasteiger partial charge on any atom is -0.505 e. The van der Waals surface area contributed by atoms with E-state index in [4.69, 9.17) is 0 Å². The first-order valence-corrected chi connectivity index (χ1v) is 7.63. The maximum absolute atomic E-state index is 13.3. The molecule has 2 aromatic carbocycles. The van der Waals surface area contributed by atoms with Gasteiger partial charge in [0.1, 0.15) is 0 Å². The van der Waals surface area contributed by atoms with E-state index in [-0.39, 0.29) is 5.75 Å². The van der Waals surface area contributed by atoms with Gasteiger partial charge >= 0.3 is 0 Å². The van der Waals surface area contributed by atoms with Crippen LogP contribution in [0.5, 0.6) is 5.75 Å². The molecule has 0 saturated carbocycles. The average molecular weight is 315 g/mol. The smallest absolute Gasteiger partial charge is 0.191 e. The van der Waals surface area contributed by atoms with Crippen molar-refractivity contribution in [3.8, 4) is 5.75 Å². The highest BCUT2D eigenvalue weighted by Crippen LogP contribution is 2.16. The summed E-state index contributed by atoms with van der Waals surface area (Å²) < 4.78 is 13.3. The zero-order valence-electron chi connectivity index (χ0n) is 13.4. The molecule has 0 radical (unpaired) electrons. The Hall–Kier alpha value is -2.56. The number of hydrogen-bond acceptors (Lipinski definition) is 2. The average Bonchev–Trinajstić information content (AvgIpc) is 2.55. The number of aliphatic imine (C=N–C) groups is 1. The van der Waals surface area contributed by atoms with Crippen molar-refractivity contribution in [2.75, 3.05) is 6.54 Å². The molecule has 0 amide bonds. The third-order valence-corrected chi connectivity index (χ3v) is 3.36. The number of hydrogen-bond donors (Lipinski definition) is 3. The summed E-state index contributed by atoms with van der Waals surface area (Å²) in [4.78, 5) is 4.43. The van der Waals surface area contributed by atoms with Crippen molar-refractivity contribution >= 4 is 5.96 Å². The Labute approximate surface area is 136 Å². The lowest BCUT2D eigenvalue weighted by Gasteiger charge is -2.11. The molecule has 122 valence electrons. The van der Waals surface area contributed by atoms with E-state index in [2.05, 4.69) is 46.8 Å². The summed E-state index contributed by atoms with van der Waals surface area (Å²) >= 11 is 0. The lowest BCUT2D eigenvalue weighted by Crippen LogP contribution is -2.36. The molecule has 0 aliphatic carbocycles. The number of rotatable bonds is 5. The van der Waals surface area contributed by atoms with Gasteiger partial charge in [-0.05, 0) is 37.1 Å². The van der Waals surface area contributed by atoms with Crippen LogP contribution in [0, 0.1) is 12.7 Å². The molecule has 2 rings (SSSR count). The summed E-state index contributed by atoms with van der Waals surface area (Å²) in [5.74, 6) is -0.306. The molecule has 0 spiro atoms. The van der Waals surface area contributed by atoms with Gasteiger partial charge in [0.2, 0.25) is 0 Å². The van der Waals surface area contributed by atoms with Gasteiger partial charge < -0.3 is 15.7 Å². The van der Waals surface area contributed by atoms with Gasteiger partial charge in [-0.2, -0.15) is 0 Å². The number of benzene rings is 2. The Morgan fingerprint density at radius 1 is 1.09 bits per heavy atom. The van der Waals surface area contributed by atoms with Crippen molar-refractivity contribution in [2.45, 2.75) is 26.9 Å². The minimum atomic E-state index is -0.629. The Balaban J connectivity index is 1.98. The molecule has 4 nitrogen and oxygen atoms in total. The van der Waals surface area contributed by atoms with Gasteiger partial charge in [0.25, 0.3) is 0 Å². The fraction of sp³-hybridized carbons (Fsp3) is 0.278. The van der Waals surface area contributed by atoms with Gasteiger partial charge in [0, 0.05) is 13.1 Å². The Bertz CT molecular complexity index is 668. The van der Waals surface area contributed by atoms with Crippen LogP contribution in [0.1, 0.15) is 23.6 Å². The second-order valence-electron chi connectivity index (χ2n) is 5.32. The molecule has 2 aromatic rings. The van der Waals surface area contributed by atoms with E-state index < -0.39 is 5.82 Å². The first-order valence-electron chi connectivity index (χ1n) is 7.63. The lowest BCUT2D eigenvalue weighted by atomic mass is 10.1. The van der Waals surface area contributed by atoms with Crippen LogP contribution >= 0.6 is 0 Å². The van der Waals surface area contributed by atoms with E-state index in [0.717, 1.165) is 12.1 Å². The third kappa shape index (κ3) is 5.29. The van der Waals surface area contributed by atoms with Crippen LogP contribution in [0.2, 0.25) is 0 Å². The number of aryl methyl sites for hydroxylation is 1. The van der Waals surface area contributed by atoms with Crippen LogP contribution in [-0.2, 0) is 13.1 Å². The highest BCUT2D eigenvalue weighted by atomic mass is 19.1. The third-order valence-electron chi connectivity index (χ3n) is 3.36. The molecule has 0 aliphatic heterocycles. The maximum atomic E-state index is 13.3. The van der Waals surface area contributed by atoms with Crippen LogP contribution in [0.4, 0.5) is 4.39 Å². The van der Waals surface area contributed by atoms with E-state index in [1.54, 1.807) is 6.07 Å². The van der Waals surface area contributed by atoms with Crippen molar-refractivity contribution in [3.63, 3.8) is 0 Å². The number of guanidine groups is 1. The molecule has 0 aliphatic rings. The molecule has 0 unspecified atom stereocenters.